The summed E-state index contributed by atoms with van der Waals surface area (Å²) in [5, 5.41) is 4.57. The van der Waals surface area contributed by atoms with Gasteiger partial charge in [0, 0.05) is 10.2 Å². The van der Waals surface area contributed by atoms with Crippen LogP contribution in [0.25, 0.3) is 11.0 Å². The van der Waals surface area contributed by atoms with E-state index < -0.39 is 5.82 Å². The molecule has 0 saturated carbocycles. The van der Waals surface area contributed by atoms with E-state index in [0.717, 1.165) is 15.7 Å². The number of H-pyrrole nitrogens is 1. The number of fused-ring (bicyclic) bond motifs is 1. The highest BCUT2D eigenvalue weighted by atomic mass is 79.9. The third-order valence-electron chi connectivity index (χ3n) is 3.91. The van der Waals surface area contributed by atoms with Crippen LogP contribution in [-0.2, 0) is 4.84 Å². The molecule has 2 heterocycles. The van der Waals surface area contributed by atoms with Gasteiger partial charge in [-0.1, -0.05) is 15.9 Å². The number of aromatic nitrogens is 2. The number of hydroxylamine groups is 1. The first-order valence-corrected chi connectivity index (χ1v) is 8.26. The number of rotatable bonds is 3. The largest absolute Gasteiger partial charge is 0.352 e. The van der Waals surface area contributed by atoms with Gasteiger partial charge in [0.1, 0.15) is 16.9 Å². The van der Waals surface area contributed by atoms with Crippen molar-refractivity contribution in [2.24, 2.45) is 10.7 Å². The molecule has 4 rings (SSSR count). The van der Waals surface area contributed by atoms with Crippen molar-refractivity contribution in [3.63, 3.8) is 0 Å². The summed E-state index contributed by atoms with van der Waals surface area (Å²) in [5.74, 6) is -0.481. The molecule has 0 radical (unpaired) electrons. The summed E-state index contributed by atoms with van der Waals surface area (Å²) in [7, 11) is 0. The lowest BCUT2D eigenvalue weighted by Crippen LogP contribution is -2.24. The summed E-state index contributed by atoms with van der Waals surface area (Å²) in [6, 6.07) is 7.48. The van der Waals surface area contributed by atoms with E-state index in [0.29, 0.717) is 11.2 Å². The Balaban J connectivity index is 1.84. The van der Waals surface area contributed by atoms with Gasteiger partial charge in [0.25, 0.3) is 0 Å². The number of aromatic amines is 1. The second-order valence-electron chi connectivity index (χ2n) is 5.58. The minimum atomic E-state index is -0.481. The fourth-order valence-electron chi connectivity index (χ4n) is 2.68. The number of nitrogens with zero attached hydrogens (tertiary/aromatic N) is 3. The summed E-state index contributed by atoms with van der Waals surface area (Å²) in [5.41, 5.74) is 8.83. The topological polar surface area (TPSA) is 91.6 Å². The summed E-state index contributed by atoms with van der Waals surface area (Å²) >= 11 is 3.43. The van der Waals surface area contributed by atoms with E-state index in [1.54, 1.807) is 6.07 Å². The molecule has 1 aromatic heterocycles. The number of imidazole rings is 1. The second-order valence-corrected chi connectivity index (χ2v) is 6.49. The molecule has 0 bridgehead atoms. The fraction of sp³-hybridized carbons (Fsp3) is 0.125. The number of anilines is 3. The predicted octanol–water partition coefficient (Wildman–Crippen LogP) is 3.54. The van der Waals surface area contributed by atoms with Gasteiger partial charge in [0.2, 0.25) is 0 Å². The van der Waals surface area contributed by atoms with Crippen molar-refractivity contribution in [3.05, 3.63) is 46.4 Å². The van der Waals surface area contributed by atoms with E-state index in [9.17, 15) is 0 Å². The fourth-order valence-corrected chi connectivity index (χ4v) is 3.15. The number of hydrogen-bond acceptors (Lipinski definition) is 6. The van der Waals surface area contributed by atoms with Crippen molar-refractivity contribution in [1.29, 1.82) is 0 Å². The van der Waals surface area contributed by atoms with E-state index in [2.05, 4.69) is 36.2 Å². The molecule has 0 atom stereocenters. The molecule has 128 valence electrons. The maximum Gasteiger partial charge on any atom is 0.311 e. The Hall–Kier alpha value is -2.81. The van der Waals surface area contributed by atoms with Crippen LogP contribution in [-0.4, -0.2) is 22.7 Å². The zero-order valence-electron chi connectivity index (χ0n) is 13.2. The summed E-state index contributed by atoms with van der Waals surface area (Å²) < 4.78 is 16.1. The lowest BCUT2D eigenvalue weighted by atomic mass is 10.1. The Morgan fingerprint density at radius 3 is 2.96 bits per heavy atom. The predicted molar refractivity (Wildman–Crippen MR) is 98.3 cm³/mol. The van der Waals surface area contributed by atoms with E-state index >= 15 is 4.39 Å². The number of nitrogens with one attached hydrogen (secondary N) is 2. The van der Waals surface area contributed by atoms with Crippen molar-refractivity contribution in [2.45, 2.75) is 6.92 Å². The van der Waals surface area contributed by atoms with Gasteiger partial charge >= 0.3 is 6.02 Å². The van der Waals surface area contributed by atoms with Gasteiger partial charge in [0.05, 0.1) is 11.8 Å². The van der Waals surface area contributed by atoms with Gasteiger partial charge in [-0.2, -0.15) is 5.06 Å². The SMILES string of the molecule is Cc1cc(Br)ccc1Nc1c(N2CN=C(N)O2)cc2[nH]cnc2c1F. The molecule has 9 heteroatoms. The van der Waals surface area contributed by atoms with Crippen LogP contribution in [0.2, 0.25) is 0 Å². The van der Waals surface area contributed by atoms with Crippen LogP contribution in [0.1, 0.15) is 5.56 Å². The average molecular weight is 405 g/mol. The molecule has 0 spiro atoms. The van der Waals surface area contributed by atoms with Crippen LogP contribution in [0, 0.1) is 12.7 Å². The standard InChI is InChI=1S/C16H14BrFN6O/c1-8-4-9(17)2-3-10(8)23-15-12(24-7-22-16(19)25-24)5-11-14(13(15)18)21-6-20-11/h2-6,23H,7H2,1H3,(H2,19,22)(H,20,21). The number of halogens is 2. The maximum atomic E-state index is 15.1. The number of aliphatic imine (C=N–C) groups is 1. The Kier molecular flexibility index (Phi) is 3.72. The first-order valence-electron chi connectivity index (χ1n) is 7.47. The highest BCUT2D eigenvalue weighted by Crippen LogP contribution is 2.37. The summed E-state index contributed by atoms with van der Waals surface area (Å²) in [6.07, 6.45) is 1.45. The van der Waals surface area contributed by atoms with Gasteiger partial charge in [-0.25, -0.2) is 14.4 Å². The summed E-state index contributed by atoms with van der Waals surface area (Å²) in [6.45, 7) is 2.12. The van der Waals surface area contributed by atoms with E-state index in [-0.39, 0.29) is 23.9 Å². The van der Waals surface area contributed by atoms with Crippen molar-refractivity contribution in [3.8, 4) is 0 Å². The Labute approximate surface area is 150 Å². The van der Waals surface area contributed by atoms with Gasteiger partial charge in [-0.3, -0.25) is 0 Å². The zero-order chi connectivity index (χ0) is 17.6. The second kappa shape index (κ2) is 5.92. The number of nitrogens with two attached hydrogens (primary N) is 1. The van der Waals surface area contributed by atoms with Gasteiger partial charge in [-0.05, 0) is 36.8 Å². The van der Waals surface area contributed by atoms with Gasteiger partial charge in [-0.15, -0.1) is 0 Å². The molecular formula is C16H14BrFN6O. The van der Waals surface area contributed by atoms with Crippen molar-refractivity contribution in [2.75, 3.05) is 17.0 Å². The molecule has 1 aliphatic heterocycles. The Morgan fingerprint density at radius 1 is 1.40 bits per heavy atom. The first-order chi connectivity index (χ1) is 12.0. The Morgan fingerprint density at radius 2 is 2.24 bits per heavy atom. The number of hydrogen-bond donors (Lipinski definition) is 3. The molecule has 1 aliphatic rings. The average Bonchev–Trinajstić information content (AvgIpc) is 3.20. The minimum absolute atomic E-state index is 0.0379. The van der Waals surface area contributed by atoms with Crippen LogP contribution in [0.4, 0.5) is 21.5 Å². The molecular weight excluding hydrogens is 391 g/mol. The molecule has 0 saturated heterocycles. The minimum Gasteiger partial charge on any atom is -0.352 e. The van der Waals surface area contributed by atoms with Gasteiger partial charge < -0.3 is 20.9 Å². The molecule has 4 N–H and O–H groups in total. The molecule has 2 aromatic carbocycles. The Bertz CT molecular complexity index is 1000. The monoisotopic (exact) mass is 404 g/mol. The van der Waals surface area contributed by atoms with Crippen LogP contribution in [0.3, 0.4) is 0 Å². The van der Waals surface area contributed by atoms with E-state index in [4.69, 9.17) is 10.6 Å². The normalized spacial score (nSPS) is 13.9. The maximum absolute atomic E-state index is 15.1. The molecule has 7 nitrogen and oxygen atoms in total. The van der Waals surface area contributed by atoms with E-state index in [1.165, 1.54) is 11.4 Å². The van der Waals surface area contributed by atoms with Crippen LogP contribution in [0.5, 0.6) is 0 Å². The molecule has 0 unspecified atom stereocenters. The summed E-state index contributed by atoms with van der Waals surface area (Å²) in [4.78, 5) is 16.3. The van der Waals surface area contributed by atoms with Crippen LogP contribution >= 0.6 is 15.9 Å². The lowest BCUT2D eigenvalue weighted by Gasteiger charge is -2.21. The quantitative estimate of drug-likeness (QED) is 0.620. The lowest BCUT2D eigenvalue weighted by molar-refractivity contribution is 0.295. The first kappa shape index (κ1) is 15.7. The molecule has 25 heavy (non-hydrogen) atoms. The number of aryl methyl sites for hydroxylation is 1. The van der Waals surface area contributed by atoms with Crippen molar-refractivity contribution < 1.29 is 9.23 Å². The third kappa shape index (κ3) is 2.76. The van der Waals surface area contributed by atoms with Crippen LogP contribution < -0.4 is 16.1 Å². The van der Waals surface area contributed by atoms with Crippen LogP contribution in [0.15, 0.2) is 40.1 Å². The third-order valence-corrected chi connectivity index (χ3v) is 4.40. The van der Waals surface area contributed by atoms with Gasteiger partial charge in [0.15, 0.2) is 12.5 Å². The zero-order valence-corrected chi connectivity index (χ0v) is 14.8. The number of amidine groups is 1. The smallest absolute Gasteiger partial charge is 0.311 e. The molecule has 0 fully saturated rings. The van der Waals surface area contributed by atoms with Crippen molar-refractivity contribution in [1.82, 2.24) is 9.97 Å². The highest BCUT2D eigenvalue weighted by Gasteiger charge is 2.24. The van der Waals surface area contributed by atoms with Crippen molar-refractivity contribution >= 4 is 50.0 Å². The molecule has 0 aliphatic carbocycles. The highest BCUT2D eigenvalue weighted by molar-refractivity contribution is 9.10. The number of benzene rings is 2. The van der Waals surface area contributed by atoms with E-state index in [1.807, 2.05) is 25.1 Å². The molecule has 0 amide bonds. The molecule has 3 aromatic rings.